The molecule has 0 saturated heterocycles. The normalized spacial score (nSPS) is 11.4. The van der Waals surface area contributed by atoms with E-state index < -0.39 is 17.6 Å². The van der Waals surface area contributed by atoms with Crippen LogP contribution in [0.3, 0.4) is 0 Å². The van der Waals surface area contributed by atoms with Crippen molar-refractivity contribution in [3.8, 4) is 0 Å². The van der Waals surface area contributed by atoms with Gasteiger partial charge >= 0.3 is 6.18 Å². The molecule has 1 amide bonds. The Kier molecular flexibility index (Phi) is 5.62. The van der Waals surface area contributed by atoms with Gasteiger partial charge in [0.05, 0.1) is 22.8 Å². The fourth-order valence-corrected chi connectivity index (χ4v) is 1.54. The predicted octanol–water partition coefficient (Wildman–Crippen LogP) is 3.30. The van der Waals surface area contributed by atoms with Crippen LogP contribution in [0.4, 0.5) is 18.9 Å². The summed E-state index contributed by atoms with van der Waals surface area (Å²) in [6.07, 6.45) is -3.61. The molecule has 19 heavy (non-hydrogen) atoms. The first-order chi connectivity index (χ1) is 8.84. The van der Waals surface area contributed by atoms with Crippen LogP contribution in [0.15, 0.2) is 18.2 Å². The van der Waals surface area contributed by atoms with Gasteiger partial charge < -0.3 is 10.6 Å². The number of halogens is 4. The average molecular weight is 295 g/mol. The van der Waals surface area contributed by atoms with Gasteiger partial charge in [-0.2, -0.15) is 13.2 Å². The Morgan fingerprint density at radius 3 is 2.63 bits per heavy atom. The van der Waals surface area contributed by atoms with Gasteiger partial charge in [0.15, 0.2) is 0 Å². The van der Waals surface area contributed by atoms with E-state index in [1.165, 1.54) is 0 Å². The summed E-state index contributed by atoms with van der Waals surface area (Å²) in [4.78, 5) is 11.5. The average Bonchev–Trinajstić information content (AvgIpc) is 2.31. The molecule has 0 aliphatic carbocycles. The minimum atomic E-state index is -4.47. The maximum absolute atomic E-state index is 12.5. The number of amides is 1. The van der Waals surface area contributed by atoms with E-state index in [1.807, 2.05) is 6.92 Å². The van der Waals surface area contributed by atoms with Crippen LogP contribution in [0.5, 0.6) is 0 Å². The first-order valence-corrected chi connectivity index (χ1v) is 6.09. The van der Waals surface area contributed by atoms with Crippen molar-refractivity contribution in [3.05, 3.63) is 28.8 Å². The zero-order chi connectivity index (χ0) is 14.5. The SMILES string of the molecule is CCCNCC(=O)Nc1cc(C(F)(F)F)ccc1Cl. The second-order valence-electron chi connectivity index (χ2n) is 3.92. The number of hydrogen-bond donors (Lipinski definition) is 2. The minimum absolute atomic E-state index is 0.0282. The monoisotopic (exact) mass is 294 g/mol. The van der Waals surface area contributed by atoms with E-state index in [1.54, 1.807) is 0 Å². The maximum atomic E-state index is 12.5. The van der Waals surface area contributed by atoms with Gasteiger partial charge in [-0.25, -0.2) is 0 Å². The Bertz CT molecular complexity index is 449. The molecule has 0 radical (unpaired) electrons. The molecule has 3 nitrogen and oxygen atoms in total. The van der Waals surface area contributed by atoms with Gasteiger partial charge in [-0.15, -0.1) is 0 Å². The van der Waals surface area contributed by atoms with Gasteiger partial charge in [-0.1, -0.05) is 18.5 Å². The van der Waals surface area contributed by atoms with Crippen molar-refractivity contribution in [2.75, 3.05) is 18.4 Å². The third-order valence-corrected chi connectivity index (χ3v) is 2.61. The molecule has 0 saturated carbocycles. The molecule has 7 heteroatoms. The van der Waals surface area contributed by atoms with Crippen LogP contribution < -0.4 is 10.6 Å². The number of alkyl halides is 3. The van der Waals surface area contributed by atoms with Gasteiger partial charge in [0.2, 0.25) is 5.91 Å². The Balaban J connectivity index is 2.74. The quantitative estimate of drug-likeness (QED) is 0.818. The summed E-state index contributed by atoms with van der Waals surface area (Å²) < 4.78 is 37.6. The maximum Gasteiger partial charge on any atom is 0.416 e. The first-order valence-electron chi connectivity index (χ1n) is 5.72. The highest BCUT2D eigenvalue weighted by atomic mass is 35.5. The lowest BCUT2D eigenvalue weighted by Gasteiger charge is -2.11. The smallest absolute Gasteiger partial charge is 0.324 e. The van der Waals surface area contributed by atoms with Gasteiger partial charge in [-0.05, 0) is 31.2 Å². The number of nitrogens with one attached hydrogen (secondary N) is 2. The summed E-state index contributed by atoms with van der Waals surface area (Å²) in [6, 6.07) is 2.80. The molecule has 1 aromatic carbocycles. The Labute approximate surface area is 114 Å². The summed E-state index contributed by atoms with van der Waals surface area (Å²) in [7, 11) is 0. The molecule has 0 atom stereocenters. The molecular formula is C12H14ClF3N2O. The van der Waals surface area contributed by atoms with E-state index in [2.05, 4.69) is 10.6 Å². The second kappa shape index (κ2) is 6.77. The summed E-state index contributed by atoms with van der Waals surface area (Å²) >= 11 is 5.75. The lowest BCUT2D eigenvalue weighted by molar-refractivity contribution is -0.137. The number of carbonyl (C=O) groups excluding carboxylic acids is 1. The van der Waals surface area contributed by atoms with E-state index in [4.69, 9.17) is 11.6 Å². The summed E-state index contributed by atoms with van der Waals surface area (Å²) in [5.74, 6) is -0.435. The van der Waals surface area contributed by atoms with Crippen LogP contribution in [0.25, 0.3) is 0 Å². The molecule has 0 bridgehead atoms. The molecule has 1 aromatic rings. The van der Waals surface area contributed by atoms with Crippen molar-refractivity contribution in [1.82, 2.24) is 5.32 Å². The van der Waals surface area contributed by atoms with Crippen molar-refractivity contribution >= 4 is 23.2 Å². The number of rotatable bonds is 5. The Hall–Kier alpha value is -1.27. The largest absolute Gasteiger partial charge is 0.416 e. The number of hydrogen-bond acceptors (Lipinski definition) is 2. The minimum Gasteiger partial charge on any atom is -0.324 e. The lowest BCUT2D eigenvalue weighted by Crippen LogP contribution is -2.28. The summed E-state index contributed by atoms with van der Waals surface area (Å²) in [5, 5.41) is 5.26. The fourth-order valence-electron chi connectivity index (χ4n) is 1.37. The molecule has 0 unspecified atom stereocenters. The third kappa shape index (κ3) is 5.08. The van der Waals surface area contributed by atoms with E-state index in [-0.39, 0.29) is 17.3 Å². The van der Waals surface area contributed by atoms with E-state index in [0.29, 0.717) is 6.54 Å². The van der Waals surface area contributed by atoms with Gasteiger partial charge in [-0.3, -0.25) is 4.79 Å². The van der Waals surface area contributed by atoms with E-state index in [0.717, 1.165) is 24.6 Å². The highest BCUT2D eigenvalue weighted by molar-refractivity contribution is 6.33. The first kappa shape index (κ1) is 15.8. The van der Waals surface area contributed by atoms with Gasteiger partial charge in [0.25, 0.3) is 0 Å². The second-order valence-corrected chi connectivity index (χ2v) is 4.32. The molecule has 0 heterocycles. The zero-order valence-corrected chi connectivity index (χ0v) is 11.0. The van der Waals surface area contributed by atoms with Crippen LogP contribution in [0, 0.1) is 0 Å². The lowest BCUT2D eigenvalue weighted by atomic mass is 10.2. The van der Waals surface area contributed by atoms with E-state index in [9.17, 15) is 18.0 Å². The van der Waals surface area contributed by atoms with Crippen LogP contribution in [0.1, 0.15) is 18.9 Å². The highest BCUT2D eigenvalue weighted by Gasteiger charge is 2.31. The fraction of sp³-hybridized carbons (Fsp3) is 0.417. The van der Waals surface area contributed by atoms with Gasteiger partial charge in [0.1, 0.15) is 0 Å². The Morgan fingerprint density at radius 2 is 2.05 bits per heavy atom. The molecule has 0 spiro atoms. The van der Waals surface area contributed by atoms with Crippen molar-refractivity contribution in [3.63, 3.8) is 0 Å². The van der Waals surface area contributed by atoms with Crippen molar-refractivity contribution in [2.45, 2.75) is 19.5 Å². The van der Waals surface area contributed by atoms with Crippen molar-refractivity contribution < 1.29 is 18.0 Å². The van der Waals surface area contributed by atoms with Crippen LogP contribution >= 0.6 is 11.6 Å². The van der Waals surface area contributed by atoms with E-state index >= 15 is 0 Å². The number of benzene rings is 1. The predicted molar refractivity (Wildman–Crippen MR) is 68.2 cm³/mol. The van der Waals surface area contributed by atoms with Crippen LogP contribution in [0.2, 0.25) is 5.02 Å². The van der Waals surface area contributed by atoms with Crippen molar-refractivity contribution in [2.24, 2.45) is 0 Å². The standard InChI is InChI=1S/C12H14ClF3N2O/c1-2-5-17-7-11(19)18-10-6-8(12(14,15)16)3-4-9(10)13/h3-4,6,17H,2,5,7H2,1H3,(H,18,19). The summed E-state index contributed by atoms with van der Waals surface area (Å²) in [6.45, 7) is 2.62. The summed E-state index contributed by atoms with van der Waals surface area (Å²) in [5.41, 5.74) is -0.895. The van der Waals surface area contributed by atoms with Gasteiger partial charge in [0, 0.05) is 0 Å². The molecule has 0 fully saturated rings. The number of carbonyl (C=O) groups is 1. The third-order valence-electron chi connectivity index (χ3n) is 2.28. The molecular weight excluding hydrogens is 281 g/mol. The van der Waals surface area contributed by atoms with Crippen LogP contribution in [-0.4, -0.2) is 19.0 Å². The molecule has 0 aliphatic rings. The topological polar surface area (TPSA) is 41.1 Å². The Morgan fingerprint density at radius 1 is 1.37 bits per heavy atom. The molecule has 106 valence electrons. The van der Waals surface area contributed by atoms with Crippen molar-refractivity contribution in [1.29, 1.82) is 0 Å². The molecule has 0 aliphatic heterocycles. The van der Waals surface area contributed by atoms with Crippen LogP contribution in [-0.2, 0) is 11.0 Å². The number of anilines is 1. The molecule has 0 aromatic heterocycles. The highest BCUT2D eigenvalue weighted by Crippen LogP contribution is 2.33. The molecule has 2 N–H and O–H groups in total. The zero-order valence-electron chi connectivity index (χ0n) is 10.3. The molecule has 1 rings (SSSR count).